The highest BCUT2D eigenvalue weighted by Crippen LogP contribution is 2.31. The minimum atomic E-state index is 0.421. The molecule has 0 saturated carbocycles. The monoisotopic (exact) mass is 374 g/mol. The standard InChI is InChI=1S/C20H18N6O2/c1-26-20-14(10-23-26)16-6-7-17-18(24-16)19(22-12-21-17)25-15-5-3-2-4-13(15)11-27-8-9-28-20/h2-7,10,12H,8-9,11H2,1H3,(H,21,22,25). The smallest absolute Gasteiger partial charge is 0.221 e. The first kappa shape index (κ1) is 16.6. The van der Waals surface area contributed by atoms with Crippen LogP contribution in [0, 0.1) is 0 Å². The number of aryl methyl sites for hydroxylation is 1. The highest BCUT2D eigenvalue weighted by atomic mass is 16.5. The molecule has 4 heterocycles. The molecule has 5 rings (SSSR count). The number of para-hydroxylation sites is 1. The summed E-state index contributed by atoms with van der Waals surface area (Å²) < 4.78 is 13.5. The molecule has 0 radical (unpaired) electrons. The summed E-state index contributed by atoms with van der Waals surface area (Å²) in [4.78, 5) is 13.6. The van der Waals surface area contributed by atoms with Crippen LogP contribution in [0.5, 0.6) is 5.88 Å². The highest BCUT2D eigenvalue weighted by Gasteiger charge is 2.16. The Morgan fingerprint density at radius 3 is 2.96 bits per heavy atom. The molecule has 4 aromatic rings. The first-order valence-corrected chi connectivity index (χ1v) is 8.99. The number of fused-ring (bicyclic) bond motifs is 4. The molecule has 8 nitrogen and oxygen atoms in total. The van der Waals surface area contributed by atoms with E-state index in [0.717, 1.165) is 28.0 Å². The van der Waals surface area contributed by atoms with Gasteiger partial charge in [0.05, 0.1) is 36.2 Å². The summed E-state index contributed by atoms with van der Waals surface area (Å²) in [5.41, 5.74) is 4.96. The molecule has 8 heteroatoms. The van der Waals surface area contributed by atoms with Crippen molar-refractivity contribution in [1.82, 2.24) is 24.7 Å². The largest absolute Gasteiger partial charge is 0.475 e. The molecule has 3 aromatic heterocycles. The Bertz CT molecular complexity index is 1160. The fourth-order valence-electron chi connectivity index (χ4n) is 3.23. The number of anilines is 2. The molecule has 0 amide bonds. The lowest BCUT2D eigenvalue weighted by Gasteiger charge is -2.15. The molecule has 28 heavy (non-hydrogen) atoms. The van der Waals surface area contributed by atoms with Crippen LogP contribution >= 0.6 is 0 Å². The van der Waals surface area contributed by atoms with Gasteiger partial charge in [0, 0.05) is 18.3 Å². The molecular formula is C20H18N6O2. The Kier molecular flexibility index (Phi) is 4.10. The number of benzene rings is 1. The molecule has 0 aliphatic carbocycles. The van der Waals surface area contributed by atoms with Gasteiger partial charge in [0.15, 0.2) is 5.82 Å². The van der Waals surface area contributed by atoms with Crippen molar-refractivity contribution in [3.8, 4) is 17.1 Å². The topological polar surface area (TPSA) is 87.0 Å². The third kappa shape index (κ3) is 2.93. The van der Waals surface area contributed by atoms with Gasteiger partial charge in [0.25, 0.3) is 0 Å². The Morgan fingerprint density at radius 2 is 2.00 bits per heavy atom. The summed E-state index contributed by atoms with van der Waals surface area (Å²) in [6.07, 6.45) is 3.29. The van der Waals surface area contributed by atoms with E-state index >= 15 is 0 Å². The molecule has 1 aromatic carbocycles. The number of hydrogen-bond donors (Lipinski definition) is 1. The summed E-state index contributed by atoms with van der Waals surface area (Å²) in [5.74, 6) is 1.29. The maximum absolute atomic E-state index is 5.95. The molecule has 1 aliphatic heterocycles. The third-order valence-corrected chi connectivity index (χ3v) is 4.64. The highest BCUT2D eigenvalue weighted by molar-refractivity contribution is 5.89. The molecule has 0 spiro atoms. The van der Waals surface area contributed by atoms with Crippen molar-refractivity contribution in [3.05, 3.63) is 54.5 Å². The van der Waals surface area contributed by atoms with Crippen LogP contribution in [-0.2, 0) is 18.4 Å². The summed E-state index contributed by atoms with van der Waals surface area (Å²) in [6, 6.07) is 11.8. The lowest BCUT2D eigenvalue weighted by atomic mass is 10.1. The average molecular weight is 374 g/mol. The van der Waals surface area contributed by atoms with Gasteiger partial charge in [-0.25, -0.2) is 19.6 Å². The lowest BCUT2D eigenvalue weighted by Crippen LogP contribution is -2.10. The van der Waals surface area contributed by atoms with E-state index in [-0.39, 0.29) is 0 Å². The number of nitrogens with zero attached hydrogens (tertiary/aromatic N) is 5. The fraction of sp³-hybridized carbons (Fsp3) is 0.200. The summed E-state index contributed by atoms with van der Waals surface area (Å²) in [7, 11) is 1.84. The molecule has 0 saturated heterocycles. The zero-order valence-corrected chi connectivity index (χ0v) is 15.3. The van der Waals surface area contributed by atoms with Gasteiger partial charge in [-0.3, -0.25) is 0 Å². The van der Waals surface area contributed by atoms with Crippen LogP contribution in [-0.4, -0.2) is 37.9 Å². The molecule has 0 fully saturated rings. The van der Waals surface area contributed by atoms with Crippen molar-refractivity contribution in [2.24, 2.45) is 7.05 Å². The first-order valence-electron chi connectivity index (χ1n) is 8.99. The van der Waals surface area contributed by atoms with E-state index in [1.165, 1.54) is 6.33 Å². The van der Waals surface area contributed by atoms with Gasteiger partial charge in [-0.05, 0) is 18.2 Å². The number of nitrogens with one attached hydrogen (secondary N) is 1. The minimum Gasteiger partial charge on any atom is -0.475 e. The maximum Gasteiger partial charge on any atom is 0.221 e. The van der Waals surface area contributed by atoms with Gasteiger partial charge in [-0.15, -0.1) is 0 Å². The van der Waals surface area contributed by atoms with Crippen LogP contribution in [0.3, 0.4) is 0 Å². The van der Waals surface area contributed by atoms with E-state index in [2.05, 4.69) is 20.4 Å². The van der Waals surface area contributed by atoms with Gasteiger partial charge in [-0.1, -0.05) is 18.2 Å². The molecule has 0 atom stereocenters. The number of hydrogen-bond acceptors (Lipinski definition) is 7. The van der Waals surface area contributed by atoms with E-state index < -0.39 is 0 Å². The van der Waals surface area contributed by atoms with Crippen LogP contribution in [0.25, 0.3) is 22.3 Å². The van der Waals surface area contributed by atoms with Gasteiger partial charge in [0.2, 0.25) is 5.88 Å². The van der Waals surface area contributed by atoms with E-state index in [1.54, 1.807) is 10.9 Å². The van der Waals surface area contributed by atoms with Gasteiger partial charge >= 0.3 is 0 Å². The summed E-state index contributed by atoms with van der Waals surface area (Å²) in [6.45, 7) is 1.35. The van der Waals surface area contributed by atoms with Gasteiger partial charge < -0.3 is 14.8 Å². The lowest BCUT2D eigenvalue weighted by molar-refractivity contribution is 0.0865. The zero-order valence-electron chi connectivity index (χ0n) is 15.3. The fourth-order valence-corrected chi connectivity index (χ4v) is 3.23. The summed E-state index contributed by atoms with van der Waals surface area (Å²) >= 11 is 0. The molecule has 1 N–H and O–H groups in total. The van der Waals surface area contributed by atoms with Crippen molar-refractivity contribution >= 4 is 22.5 Å². The molecule has 140 valence electrons. The van der Waals surface area contributed by atoms with Crippen LogP contribution in [0.4, 0.5) is 11.5 Å². The maximum atomic E-state index is 5.95. The Labute approximate surface area is 161 Å². The predicted octanol–water partition coefficient (Wildman–Crippen LogP) is 3.08. The van der Waals surface area contributed by atoms with E-state index in [1.807, 2.05) is 43.4 Å². The minimum absolute atomic E-state index is 0.421. The Balaban J connectivity index is 1.70. The van der Waals surface area contributed by atoms with E-state index in [4.69, 9.17) is 14.5 Å². The normalized spacial score (nSPS) is 13.9. The summed E-state index contributed by atoms with van der Waals surface area (Å²) in [5, 5.41) is 7.72. The van der Waals surface area contributed by atoms with E-state index in [0.29, 0.717) is 37.0 Å². The third-order valence-electron chi connectivity index (χ3n) is 4.64. The zero-order chi connectivity index (χ0) is 18.9. The Hall–Kier alpha value is -3.52. The quantitative estimate of drug-likeness (QED) is 0.506. The van der Waals surface area contributed by atoms with Crippen LogP contribution < -0.4 is 10.1 Å². The second-order valence-corrected chi connectivity index (χ2v) is 6.46. The SMILES string of the molecule is Cn1ncc2c1OCCOCc1ccccc1Nc1ncnc3ccc-2nc13. The number of rotatable bonds is 0. The second kappa shape index (κ2) is 6.90. The predicted molar refractivity (Wildman–Crippen MR) is 104 cm³/mol. The molecule has 0 unspecified atom stereocenters. The van der Waals surface area contributed by atoms with Gasteiger partial charge in [0.1, 0.15) is 18.5 Å². The number of aromatic nitrogens is 5. The van der Waals surface area contributed by atoms with Crippen LogP contribution in [0.1, 0.15) is 5.56 Å². The molecule has 2 bridgehead atoms. The average Bonchev–Trinajstić information content (AvgIpc) is 3.09. The van der Waals surface area contributed by atoms with Crippen molar-refractivity contribution in [3.63, 3.8) is 0 Å². The Morgan fingerprint density at radius 1 is 1.07 bits per heavy atom. The molecule has 1 aliphatic rings. The second-order valence-electron chi connectivity index (χ2n) is 6.46. The van der Waals surface area contributed by atoms with Crippen molar-refractivity contribution in [1.29, 1.82) is 0 Å². The number of pyridine rings is 1. The van der Waals surface area contributed by atoms with Gasteiger partial charge in [-0.2, -0.15) is 5.10 Å². The van der Waals surface area contributed by atoms with Crippen LogP contribution in [0.15, 0.2) is 48.9 Å². The first-order chi connectivity index (χ1) is 13.8. The van der Waals surface area contributed by atoms with Crippen molar-refractivity contribution < 1.29 is 9.47 Å². The van der Waals surface area contributed by atoms with E-state index in [9.17, 15) is 0 Å². The number of ether oxygens (including phenoxy) is 2. The van der Waals surface area contributed by atoms with Crippen LogP contribution in [0.2, 0.25) is 0 Å². The van der Waals surface area contributed by atoms with Crippen molar-refractivity contribution in [2.75, 3.05) is 18.5 Å². The van der Waals surface area contributed by atoms with Crippen molar-refractivity contribution in [2.45, 2.75) is 6.61 Å². The molecular weight excluding hydrogens is 356 g/mol.